The number of carbonyl (C=O) groups excluding carboxylic acids is 2. The van der Waals surface area contributed by atoms with Crippen molar-refractivity contribution in [2.45, 2.75) is 32.4 Å². The number of hydrogen-bond acceptors (Lipinski definition) is 5. The summed E-state index contributed by atoms with van der Waals surface area (Å²) in [6, 6.07) is -0.524. The van der Waals surface area contributed by atoms with Gasteiger partial charge >= 0.3 is 0 Å². The first-order valence-electron chi connectivity index (χ1n) is 8.15. The highest BCUT2D eigenvalue weighted by Crippen LogP contribution is 2.15. The van der Waals surface area contributed by atoms with Crippen LogP contribution < -0.4 is 10.6 Å². The van der Waals surface area contributed by atoms with E-state index in [1.807, 2.05) is 6.92 Å². The lowest BCUT2D eigenvalue weighted by atomic mass is 10.1. The van der Waals surface area contributed by atoms with Crippen molar-refractivity contribution in [1.29, 1.82) is 0 Å². The van der Waals surface area contributed by atoms with Crippen LogP contribution in [0.5, 0.6) is 0 Å². The molecule has 2 amide bonds. The highest BCUT2D eigenvalue weighted by atomic mass is 16.5. The molecule has 1 aromatic rings. The molecule has 1 unspecified atom stereocenters. The molecule has 0 spiro atoms. The van der Waals surface area contributed by atoms with Gasteiger partial charge in [0, 0.05) is 43.9 Å². The minimum absolute atomic E-state index is 0.0494. The summed E-state index contributed by atoms with van der Waals surface area (Å²) in [6.45, 7) is 5.65. The Hall–Kier alpha value is -1.93. The van der Waals surface area contributed by atoms with Crippen molar-refractivity contribution in [3.05, 3.63) is 17.0 Å². The molecule has 3 N–H and O–H groups in total. The standard InChI is InChI=1S/C15H23N5O3/c1-2-11(15(22)20-5-7-23-8-6-20)17-14(21)13-10-9-16-4-3-12(10)18-19-13/h11,16H,2-9H2,1H3,(H,17,21)(H,18,19). The van der Waals surface area contributed by atoms with Crippen molar-refractivity contribution in [1.82, 2.24) is 25.7 Å². The summed E-state index contributed by atoms with van der Waals surface area (Å²) in [5.41, 5.74) is 2.30. The number of morpholine rings is 1. The molecule has 126 valence electrons. The summed E-state index contributed by atoms with van der Waals surface area (Å²) in [5.74, 6) is -0.341. The van der Waals surface area contributed by atoms with E-state index in [1.54, 1.807) is 4.90 Å². The Kier molecular flexibility index (Phi) is 4.92. The van der Waals surface area contributed by atoms with Crippen LogP contribution >= 0.6 is 0 Å². The van der Waals surface area contributed by atoms with Gasteiger partial charge in [-0.25, -0.2) is 0 Å². The largest absolute Gasteiger partial charge is 0.378 e. The molecule has 2 aliphatic rings. The van der Waals surface area contributed by atoms with Gasteiger partial charge in [-0.2, -0.15) is 5.10 Å². The minimum Gasteiger partial charge on any atom is -0.378 e. The molecular formula is C15H23N5O3. The molecule has 0 aliphatic carbocycles. The maximum absolute atomic E-state index is 12.5. The zero-order chi connectivity index (χ0) is 16.2. The fourth-order valence-corrected chi connectivity index (χ4v) is 2.98. The topological polar surface area (TPSA) is 99.3 Å². The number of aromatic amines is 1. The number of aromatic nitrogens is 2. The van der Waals surface area contributed by atoms with Gasteiger partial charge in [-0.05, 0) is 6.42 Å². The second-order valence-electron chi connectivity index (χ2n) is 5.83. The quantitative estimate of drug-likeness (QED) is 0.689. The normalized spacial score (nSPS) is 19.1. The van der Waals surface area contributed by atoms with Crippen LogP contribution in [0.25, 0.3) is 0 Å². The van der Waals surface area contributed by atoms with E-state index in [1.165, 1.54) is 0 Å². The lowest BCUT2D eigenvalue weighted by Crippen LogP contribution is -2.51. The van der Waals surface area contributed by atoms with Crippen molar-refractivity contribution in [2.24, 2.45) is 0 Å². The average Bonchev–Trinajstić information content (AvgIpc) is 3.04. The van der Waals surface area contributed by atoms with Crippen LogP contribution in [-0.4, -0.2) is 65.8 Å². The zero-order valence-corrected chi connectivity index (χ0v) is 13.4. The predicted molar refractivity (Wildman–Crippen MR) is 82.9 cm³/mol. The molecule has 0 aromatic carbocycles. The van der Waals surface area contributed by atoms with Crippen LogP contribution in [0.2, 0.25) is 0 Å². The highest BCUT2D eigenvalue weighted by molar-refractivity contribution is 5.97. The monoisotopic (exact) mass is 321 g/mol. The molecule has 2 aliphatic heterocycles. The number of hydrogen-bond donors (Lipinski definition) is 3. The Balaban J connectivity index is 1.67. The number of carbonyl (C=O) groups is 2. The Bertz CT molecular complexity index is 580. The highest BCUT2D eigenvalue weighted by Gasteiger charge is 2.28. The molecule has 8 heteroatoms. The van der Waals surface area contributed by atoms with Gasteiger partial charge in [0.2, 0.25) is 5.91 Å². The van der Waals surface area contributed by atoms with Crippen LogP contribution in [0.15, 0.2) is 0 Å². The van der Waals surface area contributed by atoms with E-state index in [-0.39, 0.29) is 11.8 Å². The van der Waals surface area contributed by atoms with E-state index in [0.717, 1.165) is 24.2 Å². The zero-order valence-electron chi connectivity index (χ0n) is 13.4. The first-order chi connectivity index (χ1) is 11.2. The molecule has 23 heavy (non-hydrogen) atoms. The van der Waals surface area contributed by atoms with E-state index in [2.05, 4.69) is 20.8 Å². The summed E-state index contributed by atoms with van der Waals surface area (Å²) >= 11 is 0. The Labute approximate surface area is 134 Å². The first-order valence-corrected chi connectivity index (χ1v) is 8.15. The number of nitrogens with one attached hydrogen (secondary N) is 3. The number of ether oxygens (including phenoxy) is 1. The Morgan fingerprint density at radius 2 is 2.17 bits per heavy atom. The van der Waals surface area contributed by atoms with Crippen LogP contribution in [0.4, 0.5) is 0 Å². The molecule has 1 aromatic heterocycles. The van der Waals surface area contributed by atoms with Crippen LogP contribution in [0.3, 0.4) is 0 Å². The third-order valence-electron chi connectivity index (χ3n) is 4.36. The van der Waals surface area contributed by atoms with Gasteiger partial charge in [0.1, 0.15) is 6.04 Å². The Morgan fingerprint density at radius 1 is 1.39 bits per heavy atom. The van der Waals surface area contributed by atoms with Gasteiger partial charge in [0.15, 0.2) is 5.69 Å². The number of H-pyrrole nitrogens is 1. The van der Waals surface area contributed by atoms with Crippen LogP contribution in [-0.2, 0) is 22.5 Å². The molecule has 8 nitrogen and oxygen atoms in total. The van der Waals surface area contributed by atoms with Crippen molar-refractivity contribution in [3.8, 4) is 0 Å². The van der Waals surface area contributed by atoms with Crippen LogP contribution in [0, 0.1) is 0 Å². The molecule has 3 rings (SSSR count). The summed E-state index contributed by atoms with van der Waals surface area (Å²) in [5, 5.41) is 13.1. The summed E-state index contributed by atoms with van der Waals surface area (Å²) in [4.78, 5) is 26.8. The molecule has 1 atom stereocenters. The van der Waals surface area contributed by atoms with Gasteiger partial charge in [0.25, 0.3) is 5.91 Å². The number of fused-ring (bicyclic) bond motifs is 1. The maximum Gasteiger partial charge on any atom is 0.272 e. The third kappa shape index (κ3) is 3.37. The molecule has 0 bridgehead atoms. The minimum atomic E-state index is -0.524. The molecule has 1 fully saturated rings. The van der Waals surface area contributed by atoms with Crippen molar-refractivity contribution < 1.29 is 14.3 Å². The van der Waals surface area contributed by atoms with Crippen molar-refractivity contribution >= 4 is 11.8 Å². The molecule has 0 saturated carbocycles. The van der Waals surface area contributed by atoms with Gasteiger partial charge < -0.3 is 20.3 Å². The number of nitrogens with zero attached hydrogens (tertiary/aromatic N) is 2. The number of rotatable bonds is 4. The molecular weight excluding hydrogens is 298 g/mol. The van der Waals surface area contributed by atoms with Gasteiger partial charge in [-0.15, -0.1) is 0 Å². The number of amides is 2. The van der Waals surface area contributed by atoms with Crippen LogP contribution in [0.1, 0.15) is 35.1 Å². The molecule has 3 heterocycles. The van der Waals surface area contributed by atoms with E-state index in [4.69, 9.17) is 4.74 Å². The van der Waals surface area contributed by atoms with Crippen molar-refractivity contribution in [2.75, 3.05) is 32.8 Å². The van der Waals surface area contributed by atoms with E-state index in [9.17, 15) is 9.59 Å². The molecule has 1 saturated heterocycles. The average molecular weight is 321 g/mol. The van der Waals surface area contributed by atoms with Gasteiger partial charge in [-0.3, -0.25) is 14.7 Å². The SMILES string of the molecule is CCC(NC(=O)c1n[nH]c2c1CNCC2)C(=O)N1CCOCC1. The van der Waals surface area contributed by atoms with Gasteiger partial charge in [-0.1, -0.05) is 6.92 Å². The lowest BCUT2D eigenvalue weighted by Gasteiger charge is -2.30. The predicted octanol–water partition coefficient (Wildman–Crippen LogP) is -0.577. The summed E-state index contributed by atoms with van der Waals surface area (Å²) in [7, 11) is 0. The van der Waals surface area contributed by atoms with E-state index in [0.29, 0.717) is 45.0 Å². The van der Waals surface area contributed by atoms with E-state index < -0.39 is 6.04 Å². The fourth-order valence-electron chi connectivity index (χ4n) is 2.98. The second-order valence-corrected chi connectivity index (χ2v) is 5.83. The van der Waals surface area contributed by atoms with Gasteiger partial charge in [0.05, 0.1) is 13.2 Å². The smallest absolute Gasteiger partial charge is 0.272 e. The second kappa shape index (κ2) is 7.10. The summed E-state index contributed by atoms with van der Waals surface area (Å²) < 4.78 is 5.26. The first kappa shape index (κ1) is 15.9. The lowest BCUT2D eigenvalue weighted by molar-refractivity contribution is -0.137. The summed E-state index contributed by atoms with van der Waals surface area (Å²) in [6.07, 6.45) is 1.38. The van der Waals surface area contributed by atoms with Crippen molar-refractivity contribution in [3.63, 3.8) is 0 Å². The third-order valence-corrected chi connectivity index (χ3v) is 4.36. The molecule has 0 radical (unpaired) electrons. The Morgan fingerprint density at radius 3 is 2.91 bits per heavy atom. The maximum atomic E-state index is 12.5. The fraction of sp³-hybridized carbons (Fsp3) is 0.667. The van der Waals surface area contributed by atoms with E-state index >= 15 is 0 Å².